The molecule has 0 amide bonds. The lowest BCUT2D eigenvalue weighted by Crippen LogP contribution is -2.24. The molecule has 1 aromatic heterocycles. The lowest BCUT2D eigenvalue weighted by molar-refractivity contribution is -0.136. The Kier molecular flexibility index (Phi) is 3.49. The number of alkyl halides is 3. The van der Waals surface area contributed by atoms with Crippen LogP contribution in [0.25, 0.3) is 0 Å². The molecule has 0 aliphatic heterocycles. The molecule has 1 N–H and O–H groups in total. The number of pyridine rings is 1. The molecule has 0 saturated heterocycles. The van der Waals surface area contributed by atoms with E-state index < -0.39 is 24.6 Å². The van der Waals surface area contributed by atoms with E-state index in [-0.39, 0.29) is 5.82 Å². The second-order valence-corrected chi connectivity index (χ2v) is 3.21. The highest BCUT2D eigenvalue weighted by Crippen LogP contribution is 2.22. The van der Waals surface area contributed by atoms with Gasteiger partial charge in [-0.1, -0.05) is 6.07 Å². The van der Waals surface area contributed by atoms with Crippen LogP contribution in [0.3, 0.4) is 0 Å². The molecular weight excluding hydrogens is 212 g/mol. The minimum absolute atomic E-state index is 0.103. The molecule has 0 bridgehead atoms. The Morgan fingerprint density at radius 3 is 2.60 bits per heavy atom. The summed E-state index contributed by atoms with van der Waals surface area (Å²) in [4.78, 5) is 3.40. The monoisotopic (exact) mass is 222 g/mol. The number of nitrogens with zero attached hydrogens (tertiary/aromatic N) is 1. The summed E-state index contributed by atoms with van der Waals surface area (Å²) in [6, 6.07) is 3.08. The summed E-state index contributed by atoms with van der Waals surface area (Å²) in [7, 11) is 0. The Bertz CT molecular complexity index is 324. The van der Waals surface area contributed by atoms with E-state index in [1.165, 1.54) is 19.1 Å². The molecule has 0 fully saturated rings. The fourth-order valence-corrected chi connectivity index (χ4v) is 1.14. The van der Waals surface area contributed by atoms with Gasteiger partial charge in [0, 0.05) is 6.04 Å². The molecule has 0 aliphatic rings. The zero-order chi connectivity index (χ0) is 11.5. The van der Waals surface area contributed by atoms with Gasteiger partial charge >= 0.3 is 6.18 Å². The van der Waals surface area contributed by atoms with Crippen LogP contribution in [0.1, 0.15) is 13.3 Å². The lowest BCUT2D eigenvalue weighted by atomic mass is 10.2. The molecule has 0 saturated carbocycles. The molecule has 1 rings (SSSR count). The van der Waals surface area contributed by atoms with E-state index in [1.54, 1.807) is 0 Å². The maximum atomic E-state index is 12.6. The number of aromatic nitrogens is 1. The van der Waals surface area contributed by atoms with E-state index in [2.05, 4.69) is 10.3 Å². The molecule has 0 spiro atoms. The Balaban J connectivity index is 2.55. The van der Waals surface area contributed by atoms with Crippen LogP contribution in [0.2, 0.25) is 0 Å². The van der Waals surface area contributed by atoms with Crippen LogP contribution >= 0.6 is 0 Å². The minimum Gasteiger partial charge on any atom is -0.367 e. The first-order chi connectivity index (χ1) is 6.87. The second-order valence-electron chi connectivity index (χ2n) is 3.21. The van der Waals surface area contributed by atoms with Gasteiger partial charge in [0.25, 0.3) is 0 Å². The van der Waals surface area contributed by atoms with Gasteiger partial charge in [0.1, 0.15) is 5.82 Å². The van der Waals surface area contributed by atoms with Crippen LogP contribution in [0, 0.1) is 5.95 Å². The third-order valence-corrected chi connectivity index (χ3v) is 1.65. The third-order valence-electron chi connectivity index (χ3n) is 1.65. The first-order valence-corrected chi connectivity index (χ1v) is 4.32. The molecule has 1 unspecified atom stereocenters. The van der Waals surface area contributed by atoms with Crippen LogP contribution < -0.4 is 5.32 Å². The molecule has 1 aromatic rings. The van der Waals surface area contributed by atoms with Crippen molar-refractivity contribution in [2.45, 2.75) is 25.6 Å². The lowest BCUT2D eigenvalue weighted by Gasteiger charge is -2.16. The predicted molar refractivity (Wildman–Crippen MR) is 48.0 cm³/mol. The molecule has 1 atom stereocenters. The standard InChI is InChI=1S/C9H10F4N2/c1-6(5-9(11,12)13)14-8-4-2-3-7(10)15-8/h2-4,6H,5H2,1H3,(H,14,15). The van der Waals surface area contributed by atoms with Crippen LogP contribution in [-0.4, -0.2) is 17.2 Å². The van der Waals surface area contributed by atoms with Gasteiger partial charge in [-0.15, -0.1) is 0 Å². The van der Waals surface area contributed by atoms with Crippen LogP contribution in [0.15, 0.2) is 18.2 Å². The number of hydrogen-bond acceptors (Lipinski definition) is 2. The van der Waals surface area contributed by atoms with Crippen molar-refractivity contribution >= 4 is 5.82 Å². The predicted octanol–water partition coefficient (Wildman–Crippen LogP) is 2.97. The quantitative estimate of drug-likeness (QED) is 0.628. The molecule has 0 aromatic carbocycles. The zero-order valence-electron chi connectivity index (χ0n) is 7.98. The number of hydrogen-bond donors (Lipinski definition) is 1. The summed E-state index contributed by atoms with van der Waals surface area (Å²) < 4.78 is 48.4. The van der Waals surface area contributed by atoms with Crippen molar-refractivity contribution in [1.29, 1.82) is 0 Å². The average Bonchev–Trinajstić information content (AvgIpc) is 1.99. The molecule has 0 aliphatic carbocycles. The maximum Gasteiger partial charge on any atom is 0.391 e. The first-order valence-electron chi connectivity index (χ1n) is 4.32. The molecule has 2 nitrogen and oxygen atoms in total. The summed E-state index contributed by atoms with van der Waals surface area (Å²) in [5.74, 6) is -0.619. The van der Waals surface area contributed by atoms with E-state index in [1.807, 2.05) is 0 Å². The van der Waals surface area contributed by atoms with E-state index in [9.17, 15) is 17.6 Å². The van der Waals surface area contributed by atoms with E-state index in [0.29, 0.717) is 0 Å². The van der Waals surface area contributed by atoms with Gasteiger partial charge in [0.2, 0.25) is 5.95 Å². The van der Waals surface area contributed by atoms with Gasteiger partial charge in [-0.2, -0.15) is 17.6 Å². The van der Waals surface area contributed by atoms with Gasteiger partial charge < -0.3 is 5.32 Å². The summed E-state index contributed by atoms with van der Waals surface area (Å²) in [6.07, 6.45) is -5.22. The topological polar surface area (TPSA) is 24.9 Å². The van der Waals surface area contributed by atoms with Gasteiger partial charge in [-0.25, -0.2) is 4.98 Å². The van der Waals surface area contributed by atoms with Crippen molar-refractivity contribution < 1.29 is 17.6 Å². The minimum atomic E-state index is -4.24. The molecule has 0 radical (unpaired) electrons. The highest BCUT2D eigenvalue weighted by atomic mass is 19.4. The maximum absolute atomic E-state index is 12.6. The fraction of sp³-hybridized carbons (Fsp3) is 0.444. The van der Waals surface area contributed by atoms with Crippen LogP contribution in [0.4, 0.5) is 23.4 Å². The molecule has 6 heteroatoms. The fourth-order valence-electron chi connectivity index (χ4n) is 1.14. The summed E-state index contributed by atoms with van der Waals surface area (Å²) in [5, 5.41) is 2.47. The van der Waals surface area contributed by atoms with Crippen molar-refractivity contribution in [3.63, 3.8) is 0 Å². The molecule has 1 heterocycles. The van der Waals surface area contributed by atoms with Crippen molar-refractivity contribution in [2.75, 3.05) is 5.32 Å². The first kappa shape index (κ1) is 11.7. The van der Waals surface area contributed by atoms with Crippen molar-refractivity contribution in [2.24, 2.45) is 0 Å². The van der Waals surface area contributed by atoms with Crippen LogP contribution in [-0.2, 0) is 0 Å². The zero-order valence-corrected chi connectivity index (χ0v) is 7.98. The van der Waals surface area contributed by atoms with Gasteiger partial charge in [-0.05, 0) is 19.1 Å². The Hall–Kier alpha value is -1.33. The second kappa shape index (κ2) is 4.46. The highest BCUT2D eigenvalue weighted by Gasteiger charge is 2.29. The smallest absolute Gasteiger partial charge is 0.367 e. The molecule has 84 valence electrons. The number of nitrogens with one attached hydrogen (secondary N) is 1. The highest BCUT2D eigenvalue weighted by molar-refractivity contribution is 5.34. The Morgan fingerprint density at radius 1 is 1.40 bits per heavy atom. The average molecular weight is 222 g/mol. The summed E-state index contributed by atoms with van der Waals surface area (Å²) in [5.41, 5.74) is 0. The largest absolute Gasteiger partial charge is 0.391 e. The van der Waals surface area contributed by atoms with Crippen LogP contribution in [0.5, 0.6) is 0 Å². The number of rotatable bonds is 3. The van der Waals surface area contributed by atoms with Gasteiger partial charge in [-0.3, -0.25) is 0 Å². The van der Waals surface area contributed by atoms with Crippen molar-refractivity contribution in [3.8, 4) is 0 Å². The van der Waals surface area contributed by atoms with Crippen molar-refractivity contribution in [3.05, 3.63) is 24.1 Å². The van der Waals surface area contributed by atoms with E-state index in [4.69, 9.17) is 0 Å². The third kappa shape index (κ3) is 4.62. The van der Waals surface area contributed by atoms with E-state index in [0.717, 1.165) is 6.07 Å². The van der Waals surface area contributed by atoms with E-state index >= 15 is 0 Å². The molecular formula is C9H10F4N2. The number of anilines is 1. The SMILES string of the molecule is CC(CC(F)(F)F)Nc1cccc(F)n1. The summed E-state index contributed by atoms with van der Waals surface area (Å²) in [6.45, 7) is 1.36. The Labute approximate surface area is 84.3 Å². The number of halogens is 4. The Morgan fingerprint density at radius 2 is 2.07 bits per heavy atom. The molecule has 15 heavy (non-hydrogen) atoms. The normalized spacial score (nSPS) is 13.7. The van der Waals surface area contributed by atoms with Crippen molar-refractivity contribution in [1.82, 2.24) is 4.98 Å². The van der Waals surface area contributed by atoms with Gasteiger partial charge in [0.15, 0.2) is 0 Å². The van der Waals surface area contributed by atoms with Gasteiger partial charge in [0.05, 0.1) is 6.42 Å². The summed E-state index contributed by atoms with van der Waals surface area (Å²) >= 11 is 0.